The average Bonchev–Trinajstić information content (AvgIpc) is 2.79. The number of oxime groups is 1. The van der Waals surface area contributed by atoms with E-state index >= 15 is 0 Å². The third kappa shape index (κ3) is 8.05. The van der Waals surface area contributed by atoms with E-state index in [0.29, 0.717) is 43.5 Å². The zero-order valence-corrected chi connectivity index (χ0v) is 19.7. The van der Waals surface area contributed by atoms with Crippen LogP contribution in [0.2, 0.25) is 0 Å². The van der Waals surface area contributed by atoms with Crippen LogP contribution < -0.4 is 11.1 Å². The second-order valence-electron chi connectivity index (χ2n) is 8.92. The number of hydrogen-bond acceptors (Lipinski definition) is 7. The largest absolute Gasteiger partial charge is 0.458 e. The molecule has 0 spiro atoms. The van der Waals surface area contributed by atoms with Crippen molar-refractivity contribution in [3.05, 3.63) is 35.4 Å². The van der Waals surface area contributed by atoms with E-state index in [1.165, 1.54) is 0 Å². The number of nitrogens with zero attached hydrogens (tertiary/aromatic N) is 2. The van der Waals surface area contributed by atoms with Crippen LogP contribution in [-0.4, -0.2) is 71.2 Å². The Kier molecular flexibility index (Phi) is 9.22. The van der Waals surface area contributed by atoms with Gasteiger partial charge in [0.05, 0.1) is 6.10 Å². The molecule has 1 unspecified atom stereocenters. The van der Waals surface area contributed by atoms with Crippen LogP contribution in [0.1, 0.15) is 62.9 Å². The Bertz CT molecular complexity index is 855. The fourth-order valence-corrected chi connectivity index (χ4v) is 3.45. The van der Waals surface area contributed by atoms with Crippen molar-refractivity contribution in [3.63, 3.8) is 0 Å². The predicted octanol–water partition coefficient (Wildman–Crippen LogP) is 1.64. The van der Waals surface area contributed by atoms with Gasteiger partial charge in [0.2, 0.25) is 5.91 Å². The summed E-state index contributed by atoms with van der Waals surface area (Å²) in [5.41, 5.74) is 5.82. The summed E-state index contributed by atoms with van der Waals surface area (Å²) >= 11 is 0. The molecule has 1 fully saturated rings. The maximum Gasteiger partial charge on any atom is 0.332 e. The molecule has 0 aromatic heterocycles. The Labute approximate surface area is 194 Å². The lowest BCUT2D eigenvalue weighted by Crippen LogP contribution is -2.51. The number of nitrogens with two attached hydrogens (primary N) is 1. The van der Waals surface area contributed by atoms with Crippen molar-refractivity contribution >= 4 is 23.6 Å². The minimum atomic E-state index is -0.652. The van der Waals surface area contributed by atoms with Crippen LogP contribution in [-0.2, 0) is 19.1 Å². The Morgan fingerprint density at radius 1 is 1.18 bits per heavy atom. The Morgan fingerprint density at radius 3 is 2.27 bits per heavy atom. The molecule has 182 valence electrons. The second kappa shape index (κ2) is 11.6. The van der Waals surface area contributed by atoms with Crippen molar-refractivity contribution < 1.29 is 29.1 Å². The van der Waals surface area contributed by atoms with Crippen LogP contribution in [0.5, 0.6) is 0 Å². The lowest BCUT2D eigenvalue weighted by atomic mass is 10.1. The van der Waals surface area contributed by atoms with Gasteiger partial charge in [-0.1, -0.05) is 24.2 Å². The molecular weight excluding hydrogens is 428 g/mol. The molecule has 1 heterocycles. The lowest BCUT2D eigenvalue weighted by molar-refractivity contribution is -0.163. The third-order valence-corrected chi connectivity index (χ3v) is 5.17. The van der Waals surface area contributed by atoms with E-state index in [1.54, 1.807) is 49.9 Å². The number of hydrogen-bond donors (Lipinski definition) is 3. The summed E-state index contributed by atoms with van der Waals surface area (Å²) in [6, 6.07) is 5.57. The smallest absolute Gasteiger partial charge is 0.332 e. The number of likely N-dealkylation sites (tertiary alicyclic amines) is 1. The summed E-state index contributed by atoms with van der Waals surface area (Å²) in [6.45, 7) is 8.09. The molecule has 1 aliphatic rings. The van der Waals surface area contributed by atoms with Crippen molar-refractivity contribution in [2.45, 2.75) is 64.7 Å². The number of benzene rings is 1. The molecule has 1 aromatic carbocycles. The quantitative estimate of drug-likeness (QED) is 0.175. The minimum absolute atomic E-state index is 0.0537. The molecule has 10 heteroatoms. The van der Waals surface area contributed by atoms with E-state index in [4.69, 9.17) is 20.4 Å². The number of ether oxygens (including phenoxy) is 2. The van der Waals surface area contributed by atoms with Crippen LogP contribution in [0.25, 0.3) is 0 Å². The molecule has 1 aliphatic heterocycles. The summed E-state index contributed by atoms with van der Waals surface area (Å²) in [5.74, 6) is -0.988. The Hall–Kier alpha value is -3.14. The normalized spacial score (nSPS) is 16.2. The van der Waals surface area contributed by atoms with Gasteiger partial charge in [-0.25, -0.2) is 4.79 Å². The van der Waals surface area contributed by atoms with Crippen LogP contribution >= 0.6 is 0 Å². The van der Waals surface area contributed by atoms with Gasteiger partial charge >= 0.3 is 5.97 Å². The fraction of sp³-hybridized carbons (Fsp3) is 0.565. The molecule has 1 atom stereocenters. The van der Waals surface area contributed by atoms with Gasteiger partial charge in [0.1, 0.15) is 18.2 Å². The molecule has 0 radical (unpaired) electrons. The Balaban J connectivity index is 1.84. The molecule has 4 N–H and O–H groups in total. The van der Waals surface area contributed by atoms with Gasteiger partial charge in [0.15, 0.2) is 5.84 Å². The summed E-state index contributed by atoms with van der Waals surface area (Å²) in [6.07, 6.45) is 1.54. The van der Waals surface area contributed by atoms with Gasteiger partial charge in [-0.15, -0.1) is 0 Å². The number of nitrogens with one attached hydrogen (secondary N) is 1. The highest BCUT2D eigenvalue weighted by Crippen LogP contribution is 2.16. The van der Waals surface area contributed by atoms with Gasteiger partial charge in [-0.05, 0) is 52.2 Å². The molecule has 1 saturated heterocycles. The molecule has 0 bridgehead atoms. The van der Waals surface area contributed by atoms with Crippen molar-refractivity contribution in [1.82, 2.24) is 10.2 Å². The minimum Gasteiger partial charge on any atom is -0.458 e. The predicted molar refractivity (Wildman–Crippen MR) is 122 cm³/mol. The lowest BCUT2D eigenvalue weighted by Gasteiger charge is -2.34. The first kappa shape index (κ1) is 26.1. The topological polar surface area (TPSA) is 144 Å². The van der Waals surface area contributed by atoms with Crippen molar-refractivity contribution in [2.75, 3.05) is 19.7 Å². The van der Waals surface area contributed by atoms with Crippen molar-refractivity contribution in [3.8, 4) is 0 Å². The maximum absolute atomic E-state index is 12.9. The first-order valence-electron chi connectivity index (χ1n) is 11.0. The Morgan fingerprint density at radius 2 is 1.76 bits per heavy atom. The third-order valence-electron chi connectivity index (χ3n) is 5.17. The average molecular weight is 463 g/mol. The molecule has 10 nitrogen and oxygen atoms in total. The molecule has 1 aromatic rings. The van der Waals surface area contributed by atoms with Gasteiger partial charge < -0.3 is 30.6 Å². The highest BCUT2D eigenvalue weighted by Gasteiger charge is 2.29. The molecule has 33 heavy (non-hydrogen) atoms. The zero-order chi connectivity index (χ0) is 24.6. The van der Waals surface area contributed by atoms with Gasteiger partial charge in [0.25, 0.3) is 5.91 Å². The number of rotatable bonds is 8. The number of piperidine rings is 1. The van der Waals surface area contributed by atoms with Gasteiger partial charge in [-0.3, -0.25) is 9.59 Å². The molecule has 0 aliphatic carbocycles. The van der Waals surface area contributed by atoms with Crippen LogP contribution in [0, 0.1) is 0 Å². The summed E-state index contributed by atoms with van der Waals surface area (Å²) in [7, 11) is 0. The van der Waals surface area contributed by atoms with Gasteiger partial charge in [0, 0.05) is 24.2 Å². The summed E-state index contributed by atoms with van der Waals surface area (Å²) in [5, 5.41) is 14.4. The standard InChI is InChI=1S/C23H34N4O6/c1-5-18(25-21(29)16-8-6-15(7-9-16)20(24)26-31)22(30)27-12-10-17(11-13-27)32-14-19(28)33-23(2,3)4/h6-9,17-18,31H,5,10-14H2,1-4H3,(H2,24,26)(H,25,29). The zero-order valence-electron chi connectivity index (χ0n) is 19.7. The number of carbonyl (C=O) groups is 3. The van der Waals surface area contributed by atoms with E-state index < -0.39 is 17.6 Å². The van der Waals surface area contributed by atoms with Crippen LogP contribution in [0.15, 0.2) is 29.4 Å². The molecule has 2 amide bonds. The first-order chi connectivity index (χ1) is 15.5. The second-order valence-corrected chi connectivity index (χ2v) is 8.92. The van der Waals surface area contributed by atoms with E-state index in [1.807, 2.05) is 6.92 Å². The van der Waals surface area contributed by atoms with E-state index in [2.05, 4.69) is 10.5 Å². The molecule has 2 rings (SSSR count). The number of amidine groups is 1. The fourth-order valence-electron chi connectivity index (χ4n) is 3.45. The van der Waals surface area contributed by atoms with Gasteiger partial charge in [-0.2, -0.15) is 0 Å². The van der Waals surface area contributed by atoms with E-state index in [0.717, 1.165) is 0 Å². The first-order valence-corrected chi connectivity index (χ1v) is 11.0. The van der Waals surface area contributed by atoms with E-state index in [-0.39, 0.29) is 30.4 Å². The van der Waals surface area contributed by atoms with Crippen LogP contribution in [0.3, 0.4) is 0 Å². The summed E-state index contributed by atoms with van der Waals surface area (Å²) < 4.78 is 10.9. The highest BCUT2D eigenvalue weighted by atomic mass is 16.6. The SMILES string of the molecule is CCC(NC(=O)c1ccc(/C(N)=N/O)cc1)C(=O)N1CCC(OCC(=O)OC(C)(C)C)CC1. The monoisotopic (exact) mass is 462 g/mol. The molecular formula is C23H34N4O6. The van der Waals surface area contributed by atoms with Crippen molar-refractivity contribution in [2.24, 2.45) is 10.9 Å². The number of carbonyl (C=O) groups excluding carboxylic acids is 3. The van der Waals surface area contributed by atoms with E-state index in [9.17, 15) is 14.4 Å². The highest BCUT2D eigenvalue weighted by molar-refractivity contribution is 6.00. The number of esters is 1. The van der Waals surface area contributed by atoms with Crippen LogP contribution in [0.4, 0.5) is 0 Å². The maximum atomic E-state index is 12.9. The number of amides is 2. The van der Waals surface area contributed by atoms with Crippen molar-refractivity contribution in [1.29, 1.82) is 0 Å². The summed E-state index contributed by atoms with van der Waals surface area (Å²) in [4.78, 5) is 39.1. The molecule has 0 saturated carbocycles.